The van der Waals surface area contributed by atoms with Gasteiger partial charge in [-0.1, -0.05) is 0 Å². The molecule has 1 spiro atoms. The predicted molar refractivity (Wildman–Crippen MR) is 67.0 cm³/mol. The topological polar surface area (TPSA) is 24.5 Å². The van der Waals surface area contributed by atoms with Crippen molar-refractivity contribution in [2.75, 3.05) is 26.3 Å². The minimum Gasteiger partial charge on any atom is -0.381 e. The summed E-state index contributed by atoms with van der Waals surface area (Å²) in [6.45, 7) is 4.74. The van der Waals surface area contributed by atoms with Crippen LogP contribution in [0.4, 0.5) is 0 Å². The predicted octanol–water partition coefficient (Wildman–Crippen LogP) is 1.38. The van der Waals surface area contributed by atoms with Crippen LogP contribution in [-0.4, -0.2) is 49.3 Å². The lowest BCUT2D eigenvalue weighted by molar-refractivity contribution is -0.0853. The molecule has 2 unspecified atom stereocenters. The van der Waals surface area contributed by atoms with Crippen LogP contribution in [0, 0.1) is 5.41 Å². The van der Waals surface area contributed by atoms with Crippen molar-refractivity contribution >= 4 is 0 Å². The van der Waals surface area contributed by atoms with Gasteiger partial charge in [0.25, 0.3) is 0 Å². The summed E-state index contributed by atoms with van der Waals surface area (Å²) in [4.78, 5) is 2.74. The van der Waals surface area contributed by atoms with Crippen LogP contribution in [0.1, 0.15) is 38.5 Å². The number of hydrogen-bond donors (Lipinski definition) is 1. The summed E-state index contributed by atoms with van der Waals surface area (Å²) < 4.78 is 5.46. The van der Waals surface area contributed by atoms with Crippen LogP contribution in [0.2, 0.25) is 0 Å². The van der Waals surface area contributed by atoms with E-state index in [1.807, 2.05) is 0 Å². The standard InChI is InChI=1S/C14H24N2O/c1-2-12-8-14(7-11(1)15-12)9-16(10-14)13-3-5-17-6-4-13/h11-13,15H,1-10H2. The number of nitrogens with one attached hydrogen (secondary N) is 1. The Bertz CT molecular complexity index is 281. The molecule has 1 N–H and O–H groups in total. The van der Waals surface area contributed by atoms with Gasteiger partial charge in [0.2, 0.25) is 0 Å². The summed E-state index contributed by atoms with van der Waals surface area (Å²) in [7, 11) is 0. The number of rotatable bonds is 1. The van der Waals surface area contributed by atoms with Crippen molar-refractivity contribution in [3.05, 3.63) is 0 Å². The Kier molecular flexibility index (Phi) is 2.50. The Morgan fingerprint density at radius 2 is 1.59 bits per heavy atom. The second-order valence-electron chi connectivity index (χ2n) is 6.79. The maximum absolute atomic E-state index is 5.46. The number of ether oxygens (including phenoxy) is 1. The highest BCUT2D eigenvalue weighted by Gasteiger charge is 2.51. The van der Waals surface area contributed by atoms with Crippen LogP contribution >= 0.6 is 0 Å². The molecule has 4 aliphatic rings. The van der Waals surface area contributed by atoms with Crippen molar-refractivity contribution in [1.29, 1.82) is 0 Å². The third-order valence-electron chi connectivity index (χ3n) is 5.48. The van der Waals surface area contributed by atoms with Crippen molar-refractivity contribution in [3.63, 3.8) is 0 Å². The van der Waals surface area contributed by atoms with Crippen molar-refractivity contribution in [2.45, 2.75) is 56.7 Å². The lowest BCUT2D eigenvalue weighted by atomic mass is 9.69. The Morgan fingerprint density at radius 1 is 0.941 bits per heavy atom. The first-order valence-corrected chi connectivity index (χ1v) is 7.41. The molecule has 0 aliphatic carbocycles. The third kappa shape index (κ3) is 1.83. The van der Waals surface area contributed by atoms with E-state index in [0.717, 1.165) is 31.3 Å². The number of nitrogens with zero attached hydrogens (tertiary/aromatic N) is 1. The molecule has 0 saturated carbocycles. The SMILES string of the molecule is C1CC(N2CC3(CC4CCC(C3)N4)C2)CCO1. The molecular formula is C14H24N2O. The molecule has 0 aromatic rings. The summed E-state index contributed by atoms with van der Waals surface area (Å²) in [5.41, 5.74) is 0.704. The number of fused-ring (bicyclic) bond motifs is 2. The van der Waals surface area contributed by atoms with Gasteiger partial charge in [-0.05, 0) is 43.9 Å². The quantitative estimate of drug-likeness (QED) is 0.744. The van der Waals surface area contributed by atoms with Gasteiger partial charge < -0.3 is 10.1 Å². The number of hydrogen-bond acceptors (Lipinski definition) is 3. The van der Waals surface area contributed by atoms with Gasteiger partial charge in [-0.3, -0.25) is 4.90 Å². The summed E-state index contributed by atoms with van der Waals surface area (Å²) >= 11 is 0. The van der Waals surface area contributed by atoms with Crippen molar-refractivity contribution in [3.8, 4) is 0 Å². The summed E-state index contributed by atoms with van der Waals surface area (Å²) in [6.07, 6.45) is 8.29. The first kappa shape index (κ1) is 10.8. The van der Waals surface area contributed by atoms with Crippen LogP contribution in [0.25, 0.3) is 0 Å². The molecule has 4 fully saturated rings. The highest BCUT2D eigenvalue weighted by Crippen LogP contribution is 2.47. The normalized spacial score (nSPS) is 41.6. The van der Waals surface area contributed by atoms with Crippen LogP contribution in [0.5, 0.6) is 0 Å². The molecule has 0 aromatic carbocycles. The van der Waals surface area contributed by atoms with Crippen molar-refractivity contribution in [1.82, 2.24) is 10.2 Å². The largest absolute Gasteiger partial charge is 0.381 e. The van der Waals surface area contributed by atoms with E-state index in [1.165, 1.54) is 51.6 Å². The first-order chi connectivity index (χ1) is 8.33. The minimum atomic E-state index is 0.704. The fourth-order valence-electron chi connectivity index (χ4n) is 4.74. The smallest absolute Gasteiger partial charge is 0.0480 e. The van der Waals surface area contributed by atoms with E-state index in [-0.39, 0.29) is 0 Å². The summed E-state index contributed by atoms with van der Waals surface area (Å²) in [6, 6.07) is 2.54. The first-order valence-electron chi connectivity index (χ1n) is 7.41. The molecule has 4 rings (SSSR count). The van der Waals surface area contributed by atoms with Gasteiger partial charge in [0.05, 0.1) is 0 Å². The zero-order valence-electron chi connectivity index (χ0n) is 10.7. The monoisotopic (exact) mass is 236 g/mol. The fourth-order valence-corrected chi connectivity index (χ4v) is 4.74. The Morgan fingerprint density at radius 3 is 2.24 bits per heavy atom. The Hall–Kier alpha value is -0.120. The van der Waals surface area contributed by atoms with Gasteiger partial charge in [-0.15, -0.1) is 0 Å². The van der Waals surface area contributed by atoms with Crippen LogP contribution in [0.15, 0.2) is 0 Å². The van der Waals surface area contributed by atoms with E-state index in [9.17, 15) is 0 Å². The van der Waals surface area contributed by atoms with E-state index in [0.29, 0.717) is 5.41 Å². The second kappa shape index (κ2) is 3.94. The van der Waals surface area contributed by atoms with Gasteiger partial charge in [-0.2, -0.15) is 0 Å². The Balaban J connectivity index is 1.37. The van der Waals surface area contributed by atoms with E-state index in [4.69, 9.17) is 4.74 Å². The highest BCUT2D eigenvalue weighted by atomic mass is 16.5. The van der Waals surface area contributed by atoms with E-state index in [2.05, 4.69) is 10.2 Å². The van der Waals surface area contributed by atoms with Gasteiger partial charge >= 0.3 is 0 Å². The molecule has 0 aromatic heterocycles. The number of piperidine rings is 1. The third-order valence-corrected chi connectivity index (χ3v) is 5.48. The average molecular weight is 236 g/mol. The second-order valence-corrected chi connectivity index (χ2v) is 6.79. The molecule has 96 valence electrons. The van der Waals surface area contributed by atoms with Gasteiger partial charge in [-0.25, -0.2) is 0 Å². The van der Waals surface area contributed by atoms with Gasteiger partial charge in [0.1, 0.15) is 0 Å². The Labute approximate surface area is 104 Å². The molecule has 17 heavy (non-hydrogen) atoms. The fraction of sp³-hybridized carbons (Fsp3) is 1.00. The highest BCUT2D eigenvalue weighted by molar-refractivity contribution is 5.07. The lowest BCUT2D eigenvalue weighted by Crippen LogP contribution is -2.64. The molecule has 4 heterocycles. The summed E-state index contributed by atoms with van der Waals surface area (Å²) in [5, 5.41) is 3.77. The maximum atomic E-state index is 5.46. The molecule has 4 aliphatic heterocycles. The maximum Gasteiger partial charge on any atom is 0.0480 e. The molecule has 3 heteroatoms. The van der Waals surface area contributed by atoms with Gasteiger partial charge in [0, 0.05) is 44.4 Å². The van der Waals surface area contributed by atoms with Crippen molar-refractivity contribution < 1.29 is 4.74 Å². The van der Waals surface area contributed by atoms with E-state index >= 15 is 0 Å². The van der Waals surface area contributed by atoms with E-state index < -0.39 is 0 Å². The molecule has 0 amide bonds. The zero-order chi connectivity index (χ0) is 11.3. The van der Waals surface area contributed by atoms with Gasteiger partial charge in [0.15, 0.2) is 0 Å². The van der Waals surface area contributed by atoms with Crippen LogP contribution in [-0.2, 0) is 4.74 Å². The lowest BCUT2D eigenvalue weighted by Gasteiger charge is -2.57. The molecule has 4 saturated heterocycles. The van der Waals surface area contributed by atoms with Crippen LogP contribution < -0.4 is 5.32 Å². The summed E-state index contributed by atoms with van der Waals surface area (Å²) in [5.74, 6) is 0. The average Bonchev–Trinajstić information content (AvgIpc) is 2.67. The molecule has 2 atom stereocenters. The molecule has 0 radical (unpaired) electrons. The van der Waals surface area contributed by atoms with Crippen molar-refractivity contribution in [2.24, 2.45) is 5.41 Å². The van der Waals surface area contributed by atoms with E-state index in [1.54, 1.807) is 0 Å². The minimum absolute atomic E-state index is 0.704. The molecule has 3 nitrogen and oxygen atoms in total. The zero-order valence-corrected chi connectivity index (χ0v) is 10.7. The number of likely N-dealkylation sites (tertiary alicyclic amines) is 1. The molecule has 2 bridgehead atoms. The molecular weight excluding hydrogens is 212 g/mol. The van der Waals surface area contributed by atoms with Crippen LogP contribution in [0.3, 0.4) is 0 Å².